The molecule has 0 unspecified atom stereocenters. The first-order valence-electron chi connectivity index (χ1n) is 5.77. The summed E-state index contributed by atoms with van der Waals surface area (Å²) >= 11 is 1.62. The second-order valence-corrected chi connectivity index (χ2v) is 5.46. The summed E-state index contributed by atoms with van der Waals surface area (Å²) in [7, 11) is 0. The molecule has 0 saturated heterocycles. The maximum absolute atomic E-state index is 10.8. The Balaban J connectivity index is 2.28. The zero-order valence-corrected chi connectivity index (χ0v) is 11.5. The van der Waals surface area contributed by atoms with E-state index in [1.54, 1.807) is 11.8 Å². The van der Waals surface area contributed by atoms with Crippen molar-refractivity contribution in [3.05, 3.63) is 52.7 Å². The lowest BCUT2D eigenvalue weighted by atomic mass is 10.1. The van der Waals surface area contributed by atoms with Crippen LogP contribution < -0.4 is 0 Å². The van der Waals surface area contributed by atoms with Gasteiger partial charge < -0.3 is 0 Å². The van der Waals surface area contributed by atoms with Gasteiger partial charge in [0.1, 0.15) is 11.3 Å². The molecule has 0 radical (unpaired) electrons. The number of hydrogen-bond acceptors (Lipinski definition) is 3. The number of carbonyl (C=O) groups is 1. The quantitative estimate of drug-likeness (QED) is 0.779. The summed E-state index contributed by atoms with van der Waals surface area (Å²) in [5.74, 6) is 0. The highest BCUT2D eigenvalue weighted by Crippen LogP contribution is 2.28. The summed E-state index contributed by atoms with van der Waals surface area (Å²) in [4.78, 5) is 16.4. The lowest BCUT2D eigenvalue weighted by molar-refractivity contribution is 0.112. The minimum absolute atomic E-state index is 0.743. The second kappa shape index (κ2) is 5.36. The van der Waals surface area contributed by atoms with E-state index in [1.165, 1.54) is 5.56 Å². The Bertz CT molecular complexity index is 573. The molecule has 0 atom stereocenters. The number of rotatable bonds is 3. The van der Waals surface area contributed by atoms with Crippen molar-refractivity contribution in [3.63, 3.8) is 0 Å². The summed E-state index contributed by atoms with van der Waals surface area (Å²) < 4.78 is 0. The normalized spacial score (nSPS) is 10.4. The highest BCUT2D eigenvalue weighted by Gasteiger charge is 2.03. The van der Waals surface area contributed by atoms with Crippen LogP contribution >= 0.6 is 11.8 Å². The fourth-order valence-corrected chi connectivity index (χ4v) is 2.87. The van der Waals surface area contributed by atoms with Gasteiger partial charge >= 0.3 is 0 Å². The van der Waals surface area contributed by atoms with E-state index in [0.29, 0.717) is 0 Å². The third-order valence-corrected chi connectivity index (χ3v) is 3.57. The van der Waals surface area contributed by atoms with Crippen molar-refractivity contribution in [2.75, 3.05) is 0 Å². The van der Waals surface area contributed by atoms with E-state index in [-0.39, 0.29) is 0 Å². The summed E-state index contributed by atoms with van der Waals surface area (Å²) in [5.41, 5.74) is 3.98. The number of nitrogens with zero attached hydrogens (tertiary/aromatic N) is 1. The molecule has 1 aromatic heterocycles. The van der Waals surface area contributed by atoms with Crippen LogP contribution in [-0.4, -0.2) is 11.3 Å². The molecule has 18 heavy (non-hydrogen) atoms. The Morgan fingerprint density at radius 3 is 2.50 bits per heavy atom. The van der Waals surface area contributed by atoms with Crippen molar-refractivity contribution in [3.8, 4) is 0 Å². The van der Waals surface area contributed by atoms with Gasteiger partial charge in [0.2, 0.25) is 0 Å². The van der Waals surface area contributed by atoms with E-state index in [2.05, 4.69) is 24.0 Å². The summed E-state index contributed by atoms with van der Waals surface area (Å²) in [6.45, 7) is 6.01. The SMILES string of the molecule is Cc1cc(C)nc(Sc2ccc(C=O)c(C)c2)c1. The van der Waals surface area contributed by atoms with Gasteiger partial charge in [-0.25, -0.2) is 4.98 Å². The number of aromatic nitrogens is 1. The molecule has 1 aromatic carbocycles. The molecule has 0 bridgehead atoms. The van der Waals surface area contributed by atoms with Gasteiger partial charge in [-0.05, 0) is 56.2 Å². The largest absolute Gasteiger partial charge is 0.298 e. The summed E-state index contributed by atoms with van der Waals surface area (Å²) in [5, 5.41) is 0.991. The molecule has 1 heterocycles. The average Bonchev–Trinajstić information content (AvgIpc) is 2.27. The van der Waals surface area contributed by atoms with Gasteiger partial charge in [0.15, 0.2) is 0 Å². The van der Waals surface area contributed by atoms with Gasteiger partial charge in [-0.15, -0.1) is 0 Å². The number of carbonyl (C=O) groups excluding carboxylic acids is 1. The van der Waals surface area contributed by atoms with Crippen LogP contribution in [0.25, 0.3) is 0 Å². The molecule has 0 N–H and O–H groups in total. The van der Waals surface area contributed by atoms with Crippen LogP contribution in [0.5, 0.6) is 0 Å². The highest BCUT2D eigenvalue weighted by atomic mass is 32.2. The Kier molecular flexibility index (Phi) is 3.82. The molecule has 0 saturated carbocycles. The van der Waals surface area contributed by atoms with Crippen molar-refractivity contribution in [2.45, 2.75) is 30.7 Å². The van der Waals surface area contributed by atoms with Crippen LogP contribution in [0.4, 0.5) is 0 Å². The van der Waals surface area contributed by atoms with Crippen LogP contribution in [-0.2, 0) is 0 Å². The molecule has 0 amide bonds. The molecule has 2 nitrogen and oxygen atoms in total. The van der Waals surface area contributed by atoms with Crippen LogP contribution in [0.3, 0.4) is 0 Å². The lowest BCUT2D eigenvalue weighted by Crippen LogP contribution is -1.89. The number of aryl methyl sites for hydroxylation is 3. The average molecular weight is 257 g/mol. The number of pyridine rings is 1. The van der Waals surface area contributed by atoms with Gasteiger partial charge in [-0.3, -0.25) is 4.79 Å². The van der Waals surface area contributed by atoms with Crippen molar-refractivity contribution < 1.29 is 4.79 Å². The fraction of sp³-hybridized carbons (Fsp3) is 0.200. The first kappa shape index (κ1) is 12.8. The Labute approximate surface area is 111 Å². The van der Waals surface area contributed by atoms with Gasteiger partial charge in [-0.2, -0.15) is 0 Å². The van der Waals surface area contributed by atoms with Gasteiger partial charge in [0.05, 0.1) is 0 Å². The van der Waals surface area contributed by atoms with Crippen LogP contribution in [0.15, 0.2) is 40.3 Å². The number of aldehydes is 1. The van der Waals surface area contributed by atoms with Crippen LogP contribution in [0, 0.1) is 20.8 Å². The molecule has 0 aliphatic carbocycles. The Hall–Kier alpha value is -1.61. The molecular weight excluding hydrogens is 242 g/mol. The molecular formula is C15H15NOS. The molecule has 92 valence electrons. The monoisotopic (exact) mass is 257 g/mol. The van der Waals surface area contributed by atoms with E-state index in [9.17, 15) is 4.79 Å². The number of benzene rings is 1. The molecule has 0 aliphatic rings. The first-order chi connectivity index (χ1) is 8.58. The van der Waals surface area contributed by atoms with Crippen molar-refractivity contribution in [2.24, 2.45) is 0 Å². The van der Waals surface area contributed by atoms with Crippen LogP contribution in [0.1, 0.15) is 27.2 Å². The van der Waals surface area contributed by atoms with E-state index in [4.69, 9.17) is 0 Å². The minimum atomic E-state index is 0.743. The first-order valence-corrected chi connectivity index (χ1v) is 6.59. The third kappa shape index (κ3) is 2.99. The standard InChI is InChI=1S/C15H15NOS/c1-10-6-12(3)16-15(7-10)18-14-5-4-13(9-17)11(2)8-14/h4-9H,1-3H3. The maximum atomic E-state index is 10.8. The highest BCUT2D eigenvalue weighted by molar-refractivity contribution is 7.99. The van der Waals surface area contributed by atoms with E-state index >= 15 is 0 Å². The van der Waals surface area contributed by atoms with E-state index < -0.39 is 0 Å². The van der Waals surface area contributed by atoms with Gasteiger partial charge in [0, 0.05) is 16.2 Å². The maximum Gasteiger partial charge on any atom is 0.150 e. The molecule has 2 aromatic rings. The second-order valence-electron chi connectivity index (χ2n) is 4.36. The third-order valence-electron chi connectivity index (χ3n) is 2.66. The Morgan fingerprint density at radius 2 is 1.89 bits per heavy atom. The van der Waals surface area contributed by atoms with E-state index in [1.807, 2.05) is 32.0 Å². The van der Waals surface area contributed by atoms with Gasteiger partial charge in [0.25, 0.3) is 0 Å². The predicted octanol–water partition coefficient (Wildman–Crippen LogP) is 3.97. The molecule has 2 rings (SSSR count). The fourth-order valence-electron chi connectivity index (χ4n) is 1.82. The molecule has 0 aliphatic heterocycles. The molecule has 0 fully saturated rings. The zero-order chi connectivity index (χ0) is 13.1. The number of hydrogen-bond donors (Lipinski definition) is 0. The predicted molar refractivity (Wildman–Crippen MR) is 74.4 cm³/mol. The summed E-state index contributed by atoms with van der Waals surface area (Å²) in [6, 6.07) is 9.97. The van der Waals surface area contributed by atoms with Crippen molar-refractivity contribution in [1.82, 2.24) is 4.98 Å². The Morgan fingerprint density at radius 1 is 1.11 bits per heavy atom. The smallest absolute Gasteiger partial charge is 0.150 e. The van der Waals surface area contributed by atoms with Gasteiger partial charge in [-0.1, -0.05) is 17.8 Å². The van der Waals surface area contributed by atoms with Crippen molar-refractivity contribution >= 4 is 18.0 Å². The minimum Gasteiger partial charge on any atom is -0.298 e. The molecule has 3 heteroatoms. The summed E-state index contributed by atoms with van der Waals surface area (Å²) in [6.07, 6.45) is 0.888. The topological polar surface area (TPSA) is 30.0 Å². The lowest BCUT2D eigenvalue weighted by Gasteiger charge is -2.05. The van der Waals surface area contributed by atoms with Crippen LogP contribution in [0.2, 0.25) is 0 Å². The van der Waals surface area contributed by atoms with E-state index in [0.717, 1.165) is 33.0 Å². The molecule has 0 spiro atoms. The van der Waals surface area contributed by atoms with Crippen molar-refractivity contribution in [1.29, 1.82) is 0 Å². The zero-order valence-electron chi connectivity index (χ0n) is 10.7.